The summed E-state index contributed by atoms with van der Waals surface area (Å²) in [4.78, 5) is 12.1. The Morgan fingerprint density at radius 2 is 2.04 bits per heavy atom. The van der Waals surface area contributed by atoms with E-state index in [4.69, 9.17) is 16.3 Å². The minimum Gasteiger partial charge on any atom is -0.493 e. The third-order valence-electron chi connectivity index (χ3n) is 3.25. The molecule has 0 saturated carbocycles. The molecule has 23 heavy (non-hydrogen) atoms. The van der Waals surface area contributed by atoms with Crippen LogP contribution in [0.2, 0.25) is 5.02 Å². The fourth-order valence-corrected chi connectivity index (χ4v) is 2.20. The number of aryl methyl sites for hydroxylation is 1. The van der Waals surface area contributed by atoms with Crippen molar-refractivity contribution in [3.05, 3.63) is 64.7 Å². The Morgan fingerprint density at radius 1 is 1.26 bits per heavy atom. The van der Waals surface area contributed by atoms with Crippen molar-refractivity contribution in [1.29, 1.82) is 0 Å². The quantitative estimate of drug-likeness (QED) is 0.750. The Kier molecular flexibility index (Phi) is 6.24. The fraction of sp³-hybridized carbons (Fsp3) is 0.211. The molecule has 0 fully saturated rings. The fourth-order valence-electron chi connectivity index (χ4n) is 2.03. The molecule has 4 heteroatoms. The van der Waals surface area contributed by atoms with Gasteiger partial charge in [0, 0.05) is 22.3 Å². The Morgan fingerprint density at radius 3 is 2.83 bits per heavy atom. The van der Waals surface area contributed by atoms with Gasteiger partial charge in [-0.15, -0.1) is 0 Å². The molecule has 0 saturated heterocycles. The normalized spacial score (nSPS) is 10.7. The van der Waals surface area contributed by atoms with Crippen molar-refractivity contribution < 1.29 is 9.53 Å². The number of para-hydroxylation sites is 1. The molecule has 0 bridgehead atoms. The molecule has 1 N–H and O–H groups in total. The lowest BCUT2D eigenvalue weighted by molar-refractivity contribution is -0.111. The van der Waals surface area contributed by atoms with Crippen LogP contribution < -0.4 is 10.1 Å². The van der Waals surface area contributed by atoms with E-state index >= 15 is 0 Å². The van der Waals surface area contributed by atoms with Gasteiger partial charge >= 0.3 is 0 Å². The number of rotatable bonds is 6. The summed E-state index contributed by atoms with van der Waals surface area (Å²) >= 11 is 5.96. The molecule has 2 rings (SSSR count). The highest BCUT2D eigenvalue weighted by Crippen LogP contribution is 2.21. The van der Waals surface area contributed by atoms with Gasteiger partial charge in [0.1, 0.15) is 5.75 Å². The monoisotopic (exact) mass is 329 g/mol. The predicted molar refractivity (Wildman–Crippen MR) is 96.1 cm³/mol. The van der Waals surface area contributed by atoms with Crippen molar-refractivity contribution in [2.45, 2.75) is 20.3 Å². The minimum atomic E-state index is -0.208. The SMILES string of the molecule is CCCOc1ccccc1/C=C/C(=O)Nc1cc(Cl)ccc1C. The molecule has 0 aliphatic heterocycles. The van der Waals surface area contributed by atoms with Crippen molar-refractivity contribution >= 4 is 29.3 Å². The first-order valence-electron chi connectivity index (χ1n) is 7.57. The van der Waals surface area contributed by atoms with Crippen LogP contribution in [0.4, 0.5) is 5.69 Å². The number of hydrogen-bond donors (Lipinski definition) is 1. The highest BCUT2D eigenvalue weighted by molar-refractivity contribution is 6.31. The van der Waals surface area contributed by atoms with E-state index < -0.39 is 0 Å². The van der Waals surface area contributed by atoms with Gasteiger partial charge in [-0.3, -0.25) is 4.79 Å². The topological polar surface area (TPSA) is 38.3 Å². The number of anilines is 1. The molecular formula is C19H20ClNO2. The number of carbonyl (C=O) groups is 1. The minimum absolute atomic E-state index is 0.208. The molecule has 2 aromatic carbocycles. The van der Waals surface area contributed by atoms with Crippen LogP contribution >= 0.6 is 11.6 Å². The Balaban J connectivity index is 2.08. The zero-order valence-electron chi connectivity index (χ0n) is 13.3. The standard InChI is InChI=1S/C19H20ClNO2/c1-3-12-23-18-7-5-4-6-15(18)9-11-19(22)21-17-13-16(20)10-8-14(17)2/h4-11,13H,3,12H2,1-2H3,(H,21,22)/b11-9+. The van der Waals surface area contributed by atoms with Gasteiger partial charge < -0.3 is 10.1 Å². The summed E-state index contributed by atoms with van der Waals surface area (Å²) in [5.41, 5.74) is 2.55. The van der Waals surface area contributed by atoms with E-state index in [1.54, 1.807) is 18.2 Å². The summed E-state index contributed by atoms with van der Waals surface area (Å²) in [6.45, 7) is 4.63. The van der Waals surface area contributed by atoms with Crippen LogP contribution in [0.25, 0.3) is 6.08 Å². The van der Waals surface area contributed by atoms with E-state index in [0.717, 1.165) is 23.3 Å². The van der Waals surface area contributed by atoms with Crippen molar-refractivity contribution in [2.75, 3.05) is 11.9 Å². The third kappa shape index (κ3) is 5.15. The Bertz CT molecular complexity index is 710. The number of ether oxygens (including phenoxy) is 1. The number of carbonyl (C=O) groups excluding carboxylic acids is 1. The molecule has 120 valence electrons. The summed E-state index contributed by atoms with van der Waals surface area (Å²) < 4.78 is 5.67. The van der Waals surface area contributed by atoms with E-state index in [9.17, 15) is 4.79 Å². The summed E-state index contributed by atoms with van der Waals surface area (Å²) in [6.07, 6.45) is 4.18. The molecule has 0 aromatic heterocycles. The maximum atomic E-state index is 12.1. The van der Waals surface area contributed by atoms with Crippen LogP contribution in [0.5, 0.6) is 5.75 Å². The largest absolute Gasteiger partial charge is 0.493 e. The van der Waals surface area contributed by atoms with Crippen LogP contribution in [0.3, 0.4) is 0 Å². The second kappa shape index (κ2) is 8.39. The summed E-state index contributed by atoms with van der Waals surface area (Å²) in [7, 11) is 0. The first-order valence-corrected chi connectivity index (χ1v) is 7.95. The average molecular weight is 330 g/mol. The number of nitrogens with one attached hydrogen (secondary N) is 1. The van der Waals surface area contributed by atoms with E-state index in [1.807, 2.05) is 37.3 Å². The molecule has 2 aromatic rings. The van der Waals surface area contributed by atoms with Crippen LogP contribution in [0, 0.1) is 6.92 Å². The predicted octanol–water partition coefficient (Wildman–Crippen LogP) is 5.09. The summed E-state index contributed by atoms with van der Waals surface area (Å²) in [5, 5.41) is 3.42. The van der Waals surface area contributed by atoms with Crippen LogP contribution in [-0.2, 0) is 4.79 Å². The maximum absolute atomic E-state index is 12.1. The van der Waals surface area contributed by atoms with Gasteiger partial charge in [-0.2, -0.15) is 0 Å². The second-order valence-electron chi connectivity index (χ2n) is 5.17. The lowest BCUT2D eigenvalue weighted by Gasteiger charge is -2.08. The van der Waals surface area contributed by atoms with Gasteiger partial charge in [0.15, 0.2) is 0 Å². The number of amides is 1. The zero-order valence-corrected chi connectivity index (χ0v) is 14.1. The van der Waals surface area contributed by atoms with Crippen LogP contribution in [-0.4, -0.2) is 12.5 Å². The van der Waals surface area contributed by atoms with Crippen molar-refractivity contribution in [3.8, 4) is 5.75 Å². The lowest BCUT2D eigenvalue weighted by Crippen LogP contribution is -2.09. The summed E-state index contributed by atoms with van der Waals surface area (Å²) in [5.74, 6) is 0.568. The molecule has 0 aliphatic carbocycles. The van der Waals surface area contributed by atoms with E-state index in [1.165, 1.54) is 6.08 Å². The van der Waals surface area contributed by atoms with Gasteiger partial charge in [-0.05, 0) is 43.2 Å². The van der Waals surface area contributed by atoms with Gasteiger partial charge in [0.25, 0.3) is 0 Å². The average Bonchev–Trinajstić information content (AvgIpc) is 2.55. The molecular weight excluding hydrogens is 310 g/mol. The van der Waals surface area contributed by atoms with Crippen LogP contribution in [0.1, 0.15) is 24.5 Å². The summed E-state index contributed by atoms with van der Waals surface area (Å²) in [6, 6.07) is 13.0. The van der Waals surface area contributed by atoms with E-state index in [0.29, 0.717) is 17.3 Å². The van der Waals surface area contributed by atoms with Crippen molar-refractivity contribution in [3.63, 3.8) is 0 Å². The van der Waals surface area contributed by atoms with Gasteiger partial charge in [0.05, 0.1) is 6.61 Å². The van der Waals surface area contributed by atoms with E-state index in [-0.39, 0.29) is 5.91 Å². The zero-order chi connectivity index (χ0) is 16.7. The third-order valence-corrected chi connectivity index (χ3v) is 3.49. The molecule has 1 amide bonds. The smallest absolute Gasteiger partial charge is 0.248 e. The van der Waals surface area contributed by atoms with Gasteiger partial charge in [-0.25, -0.2) is 0 Å². The van der Waals surface area contributed by atoms with E-state index in [2.05, 4.69) is 12.2 Å². The van der Waals surface area contributed by atoms with Gasteiger partial charge in [0.2, 0.25) is 5.91 Å². The second-order valence-corrected chi connectivity index (χ2v) is 5.60. The molecule has 3 nitrogen and oxygen atoms in total. The lowest BCUT2D eigenvalue weighted by atomic mass is 10.1. The molecule has 0 spiro atoms. The molecule has 0 heterocycles. The van der Waals surface area contributed by atoms with Crippen molar-refractivity contribution in [1.82, 2.24) is 0 Å². The Hall–Kier alpha value is -2.26. The first-order chi connectivity index (χ1) is 11.1. The number of benzene rings is 2. The van der Waals surface area contributed by atoms with Gasteiger partial charge in [-0.1, -0.05) is 42.8 Å². The maximum Gasteiger partial charge on any atom is 0.248 e. The van der Waals surface area contributed by atoms with Crippen molar-refractivity contribution in [2.24, 2.45) is 0 Å². The molecule has 0 atom stereocenters. The molecule has 0 aliphatic rings. The highest BCUT2D eigenvalue weighted by Gasteiger charge is 2.04. The highest BCUT2D eigenvalue weighted by atomic mass is 35.5. The molecule has 0 radical (unpaired) electrons. The molecule has 0 unspecified atom stereocenters. The number of hydrogen-bond acceptors (Lipinski definition) is 2. The number of halogens is 1. The Labute approximate surface area is 141 Å². The first kappa shape index (κ1) is 17.1. The van der Waals surface area contributed by atoms with Crippen LogP contribution in [0.15, 0.2) is 48.5 Å².